The van der Waals surface area contributed by atoms with Crippen molar-refractivity contribution in [1.29, 1.82) is 0 Å². The molecule has 1 N–H and O–H groups in total. The predicted octanol–water partition coefficient (Wildman–Crippen LogP) is -0.673. The van der Waals surface area contributed by atoms with Crippen molar-refractivity contribution in [1.82, 2.24) is 14.7 Å². The number of rotatable bonds is 6. The molecule has 9 heteroatoms. The monoisotopic (exact) mass is 389 g/mol. The highest BCUT2D eigenvalue weighted by molar-refractivity contribution is 7.91. The first kappa shape index (κ1) is 21.1. The topological polar surface area (TPSA) is 98.2 Å². The molecule has 2 fully saturated rings. The van der Waals surface area contributed by atoms with E-state index in [4.69, 9.17) is 0 Å². The molecule has 0 radical (unpaired) electrons. The summed E-state index contributed by atoms with van der Waals surface area (Å²) >= 11 is 0. The number of nitrogens with zero attached hydrogens (tertiary/aromatic N) is 3. The number of carbonyl (C=O) groups is 2. The summed E-state index contributed by atoms with van der Waals surface area (Å²) in [6, 6.07) is -0.550. The minimum atomic E-state index is -3.15. The first-order valence-electron chi connectivity index (χ1n) is 9.32. The number of hydrogen-bond acceptors (Lipinski definition) is 6. The molecule has 2 saturated heterocycles. The minimum Gasteiger partial charge on any atom is -0.396 e. The average Bonchev–Trinajstić information content (AvgIpc) is 2.94. The first-order valence-corrected chi connectivity index (χ1v) is 11.1. The molecular weight excluding hydrogens is 358 g/mol. The summed E-state index contributed by atoms with van der Waals surface area (Å²) in [5.74, 6) is -1.18. The molecule has 0 aliphatic carbocycles. The fourth-order valence-electron chi connectivity index (χ4n) is 3.74. The molecule has 2 atom stereocenters. The summed E-state index contributed by atoms with van der Waals surface area (Å²) in [6.45, 7) is 1.39. The van der Waals surface area contributed by atoms with Crippen molar-refractivity contribution in [3.63, 3.8) is 0 Å². The fraction of sp³-hybridized carbons (Fsp3) is 0.882. The number of sulfone groups is 1. The van der Waals surface area contributed by atoms with E-state index in [1.807, 2.05) is 19.0 Å². The Bertz CT molecular complexity index is 606. The molecule has 2 heterocycles. The standard InChI is InChI=1S/C17H31N3O5S/c1-18(2)9-10-20(15-7-12-26(24,25)13-15)17(23)16(22)19-8-4-3-5-14(19)6-11-21/h14-15,21H,3-13H2,1-2H3. The van der Waals surface area contributed by atoms with Gasteiger partial charge in [0, 0.05) is 38.3 Å². The van der Waals surface area contributed by atoms with Gasteiger partial charge < -0.3 is 19.8 Å². The number of amides is 2. The van der Waals surface area contributed by atoms with Crippen molar-refractivity contribution in [2.75, 3.05) is 51.8 Å². The van der Waals surface area contributed by atoms with Crippen LogP contribution in [0, 0.1) is 0 Å². The molecule has 2 rings (SSSR count). The summed E-state index contributed by atoms with van der Waals surface area (Å²) in [7, 11) is 0.598. The number of carbonyl (C=O) groups excluding carboxylic acids is 2. The maximum atomic E-state index is 13.0. The first-order chi connectivity index (χ1) is 12.2. The lowest BCUT2D eigenvalue weighted by molar-refractivity contribution is -0.155. The summed E-state index contributed by atoms with van der Waals surface area (Å²) in [5.41, 5.74) is 0. The number of likely N-dealkylation sites (N-methyl/N-ethyl adjacent to an activating group) is 1. The Kier molecular flexibility index (Phi) is 7.42. The SMILES string of the molecule is CN(C)CCN(C(=O)C(=O)N1CCCCC1CCO)C1CCS(=O)(=O)C1. The van der Waals surface area contributed by atoms with E-state index in [9.17, 15) is 23.1 Å². The Morgan fingerprint density at radius 2 is 1.88 bits per heavy atom. The van der Waals surface area contributed by atoms with Gasteiger partial charge in [0.25, 0.3) is 0 Å². The molecule has 26 heavy (non-hydrogen) atoms. The van der Waals surface area contributed by atoms with Gasteiger partial charge in [-0.15, -0.1) is 0 Å². The summed E-state index contributed by atoms with van der Waals surface area (Å²) < 4.78 is 23.7. The van der Waals surface area contributed by atoms with E-state index in [0.29, 0.717) is 32.5 Å². The molecule has 2 aliphatic heterocycles. The van der Waals surface area contributed by atoms with E-state index in [1.165, 1.54) is 4.90 Å². The van der Waals surface area contributed by atoms with Crippen LogP contribution >= 0.6 is 0 Å². The highest BCUT2D eigenvalue weighted by Gasteiger charge is 2.39. The Labute approximate surface area is 156 Å². The molecule has 0 aromatic rings. The Balaban J connectivity index is 2.14. The van der Waals surface area contributed by atoms with Crippen LogP contribution in [-0.4, -0.2) is 104 Å². The van der Waals surface area contributed by atoms with Crippen molar-refractivity contribution in [2.24, 2.45) is 0 Å². The summed E-state index contributed by atoms with van der Waals surface area (Å²) in [5, 5.41) is 9.24. The van der Waals surface area contributed by atoms with Crippen molar-refractivity contribution in [3.8, 4) is 0 Å². The van der Waals surface area contributed by atoms with Gasteiger partial charge in [-0.3, -0.25) is 9.59 Å². The number of hydrogen-bond donors (Lipinski definition) is 1. The average molecular weight is 390 g/mol. The highest BCUT2D eigenvalue weighted by atomic mass is 32.2. The van der Waals surface area contributed by atoms with Gasteiger partial charge in [-0.2, -0.15) is 0 Å². The minimum absolute atomic E-state index is 0.0200. The molecule has 0 aromatic carbocycles. The van der Waals surface area contributed by atoms with Gasteiger partial charge >= 0.3 is 11.8 Å². The molecule has 2 amide bonds. The van der Waals surface area contributed by atoms with Gasteiger partial charge in [0.05, 0.1) is 11.5 Å². The van der Waals surface area contributed by atoms with E-state index in [-0.39, 0.29) is 24.2 Å². The van der Waals surface area contributed by atoms with Crippen LogP contribution < -0.4 is 0 Å². The Morgan fingerprint density at radius 1 is 1.15 bits per heavy atom. The summed E-state index contributed by atoms with van der Waals surface area (Å²) in [4.78, 5) is 30.8. The number of piperidine rings is 1. The third-order valence-electron chi connectivity index (χ3n) is 5.23. The van der Waals surface area contributed by atoms with Gasteiger partial charge in [-0.25, -0.2) is 8.42 Å². The van der Waals surface area contributed by atoms with Crippen LogP contribution in [0.3, 0.4) is 0 Å². The van der Waals surface area contributed by atoms with E-state index in [0.717, 1.165) is 19.3 Å². The van der Waals surface area contributed by atoms with Gasteiger partial charge in [0.1, 0.15) is 0 Å². The molecule has 0 spiro atoms. The second-order valence-electron chi connectivity index (χ2n) is 7.52. The van der Waals surface area contributed by atoms with Crippen molar-refractivity contribution in [2.45, 2.75) is 44.2 Å². The lowest BCUT2D eigenvalue weighted by Crippen LogP contribution is -2.54. The van der Waals surface area contributed by atoms with Crippen LogP contribution in [0.15, 0.2) is 0 Å². The number of likely N-dealkylation sites (tertiary alicyclic amines) is 1. The second kappa shape index (κ2) is 9.14. The van der Waals surface area contributed by atoms with E-state index >= 15 is 0 Å². The smallest absolute Gasteiger partial charge is 0.312 e. The zero-order chi connectivity index (χ0) is 19.3. The third kappa shape index (κ3) is 5.40. The largest absolute Gasteiger partial charge is 0.396 e. The number of aliphatic hydroxyl groups is 1. The van der Waals surface area contributed by atoms with Gasteiger partial charge in [-0.1, -0.05) is 0 Å². The van der Waals surface area contributed by atoms with Gasteiger partial charge in [0.2, 0.25) is 0 Å². The normalized spacial score (nSPS) is 25.5. The highest BCUT2D eigenvalue weighted by Crippen LogP contribution is 2.22. The Morgan fingerprint density at radius 3 is 2.46 bits per heavy atom. The van der Waals surface area contributed by atoms with E-state index in [1.54, 1.807) is 4.90 Å². The number of aliphatic hydroxyl groups excluding tert-OH is 1. The molecule has 2 aliphatic rings. The molecular formula is C17H31N3O5S. The Hall–Kier alpha value is -1.19. The van der Waals surface area contributed by atoms with Crippen LogP contribution in [0.25, 0.3) is 0 Å². The molecule has 0 aromatic heterocycles. The molecule has 8 nitrogen and oxygen atoms in total. The quantitative estimate of drug-likeness (QED) is 0.605. The summed E-state index contributed by atoms with van der Waals surface area (Å²) in [6.07, 6.45) is 3.46. The second-order valence-corrected chi connectivity index (χ2v) is 9.75. The van der Waals surface area contributed by atoms with E-state index < -0.39 is 27.7 Å². The van der Waals surface area contributed by atoms with Crippen LogP contribution in [0.4, 0.5) is 0 Å². The fourth-order valence-corrected chi connectivity index (χ4v) is 5.47. The van der Waals surface area contributed by atoms with Crippen molar-refractivity contribution in [3.05, 3.63) is 0 Å². The van der Waals surface area contributed by atoms with Crippen molar-refractivity contribution < 1.29 is 23.1 Å². The third-order valence-corrected chi connectivity index (χ3v) is 6.98. The zero-order valence-electron chi connectivity index (χ0n) is 15.8. The maximum Gasteiger partial charge on any atom is 0.312 e. The van der Waals surface area contributed by atoms with Crippen LogP contribution in [0.2, 0.25) is 0 Å². The molecule has 2 unspecified atom stereocenters. The van der Waals surface area contributed by atoms with E-state index in [2.05, 4.69) is 0 Å². The van der Waals surface area contributed by atoms with Crippen LogP contribution in [-0.2, 0) is 19.4 Å². The van der Waals surface area contributed by atoms with Crippen LogP contribution in [0.1, 0.15) is 32.1 Å². The van der Waals surface area contributed by atoms with Crippen LogP contribution in [0.5, 0.6) is 0 Å². The van der Waals surface area contributed by atoms with Crippen molar-refractivity contribution >= 4 is 21.7 Å². The predicted molar refractivity (Wildman–Crippen MR) is 98.4 cm³/mol. The molecule has 150 valence electrons. The molecule has 0 bridgehead atoms. The van der Waals surface area contributed by atoms with Gasteiger partial charge in [0.15, 0.2) is 9.84 Å². The zero-order valence-corrected chi connectivity index (χ0v) is 16.6. The molecule has 0 saturated carbocycles. The lowest BCUT2D eigenvalue weighted by Gasteiger charge is -2.37. The maximum absolute atomic E-state index is 13.0. The lowest BCUT2D eigenvalue weighted by atomic mass is 9.99. The van der Waals surface area contributed by atoms with Gasteiger partial charge in [-0.05, 0) is 46.2 Å².